The van der Waals surface area contributed by atoms with Gasteiger partial charge in [0.05, 0.1) is 12.1 Å². The summed E-state index contributed by atoms with van der Waals surface area (Å²) < 4.78 is 10.6. The van der Waals surface area contributed by atoms with E-state index in [1.807, 2.05) is 60.7 Å². The molecule has 2 aromatic carbocycles. The van der Waals surface area contributed by atoms with Gasteiger partial charge in [0.1, 0.15) is 12.5 Å². The van der Waals surface area contributed by atoms with Crippen LogP contribution in [-0.2, 0) is 19.1 Å². The van der Waals surface area contributed by atoms with Crippen LogP contribution >= 0.6 is 0 Å². The third kappa shape index (κ3) is 5.11. The van der Waals surface area contributed by atoms with Gasteiger partial charge in [-0.1, -0.05) is 79.2 Å². The zero-order valence-corrected chi connectivity index (χ0v) is 19.3. The Balaban J connectivity index is 2.19. The van der Waals surface area contributed by atoms with Crippen molar-refractivity contribution < 1.29 is 19.1 Å². The Morgan fingerprint density at radius 2 is 1.57 bits per heavy atom. The molecule has 1 saturated carbocycles. The van der Waals surface area contributed by atoms with Crippen molar-refractivity contribution in [3.63, 3.8) is 0 Å². The summed E-state index contributed by atoms with van der Waals surface area (Å²) in [6.07, 6.45) is 7.16. The number of nitriles is 2. The Hall–Kier alpha value is -4.34. The molecule has 1 fully saturated rings. The van der Waals surface area contributed by atoms with Crippen LogP contribution in [0.3, 0.4) is 0 Å². The molecule has 35 heavy (non-hydrogen) atoms. The van der Waals surface area contributed by atoms with Gasteiger partial charge in [0, 0.05) is 11.8 Å². The second-order valence-corrected chi connectivity index (χ2v) is 8.44. The quantitative estimate of drug-likeness (QED) is 0.322. The third-order valence-electron chi connectivity index (χ3n) is 6.60. The van der Waals surface area contributed by atoms with E-state index in [2.05, 4.69) is 24.6 Å². The van der Waals surface area contributed by atoms with Gasteiger partial charge in [-0.2, -0.15) is 10.5 Å². The molecular formula is C29H26N2O4. The van der Waals surface area contributed by atoms with Crippen LogP contribution in [0.15, 0.2) is 73.3 Å². The van der Waals surface area contributed by atoms with Crippen molar-refractivity contribution in [1.29, 1.82) is 10.5 Å². The maximum atomic E-state index is 13.6. The first kappa shape index (κ1) is 25.3. The van der Waals surface area contributed by atoms with E-state index >= 15 is 0 Å². The summed E-state index contributed by atoms with van der Waals surface area (Å²) in [6.45, 7) is 3.34. The predicted molar refractivity (Wildman–Crippen MR) is 129 cm³/mol. The van der Waals surface area contributed by atoms with E-state index in [0.717, 1.165) is 11.1 Å². The van der Waals surface area contributed by atoms with Crippen molar-refractivity contribution in [3.8, 4) is 24.5 Å². The lowest BCUT2D eigenvalue weighted by molar-refractivity contribution is -0.157. The van der Waals surface area contributed by atoms with Crippen LogP contribution in [0.5, 0.6) is 0 Å². The van der Waals surface area contributed by atoms with E-state index in [4.69, 9.17) is 15.9 Å². The summed E-state index contributed by atoms with van der Waals surface area (Å²) in [4.78, 5) is 26.3. The molecule has 2 aromatic rings. The zero-order chi connectivity index (χ0) is 25.3. The summed E-state index contributed by atoms with van der Waals surface area (Å²) in [5, 5.41) is 20.5. The van der Waals surface area contributed by atoms with Gasteiger partial charge in [-0.3, -0.25) is 9.59 Å². The SMILES string of the molecule is C#CCOC(=O)C(C#N)C1C[C@H](c2ccccc2)C(C#N)(C(=O)OCC=C)[C@H](c2ccccc2)C1. The summed E-state index contributed by atoms with van der Waals surface area (Å²) in [7, 11) is 0. The maximum Gasteiger partial charge on any atom is 0.328 e. The van der Waals surface area contributed by atoms with Crippen LogP contribution in [0.25, 0.3) is 0 Å². The molecule has 5 atom stereocenters. The van der Waals surface area contributed by atoms with Crippen LogP contribution in [0.2, 0.25) is 0 Å². The van der Waals surface area contributed by atoms with E-state index in [1.165, 1.54) is 6.08 Å². The van der Waals surface area contributed by atoms with Gasteiger partial charge in [-0.25, -0.2) is 0 Å². The molecule has 6 heteroatoms. The monoisotopic (exact) mass is 466 g/mol. The second-order valence-electron chi connectivity index (χ2n) is 8.44. The number of benzene rings is 2. The Morgan fingerprint density at radius 1 is 1.03 bits per heavy atom. The molecule has 1 aliphatic rings. The lowest BCUT2D eigenvalue weighted by Crippen LogP contribution is -2.49. The molecule has 0 aromatic heterocycles. The lowest BCUT2D eigenvalue weighted by atomic mass is 9.53. The van der Waals surface area contributed by atoms with Crippen molar-refractivity contribution in [2.75, 3.05) is 13.2 Å². The van der Waals surface area contributed by atoms with E-state index < -0.39 is 41.0 Å². The zero-order valence-electron chi connectivity index (χ0n) is 19.3. The fourth-order valence-electron chi connectivity index (χ4n) is 5.05. The molecule has 3 unspecified atom stereocenters. The van der Waals surface area contributed by atoms with Gasteiger partial charge >= 0.3 is 11.9 Å². The summed E-state index contributed by atoms with van der Waals surface area (Å²) in [6, 6.07) is 22.8. The molecule has 0 radical (unpaired) electrons. The van der Waals surface area contributed by atoms with E-state index in [1.54, 1.807) is 0 Å². The van der Waals surface area contributed by atoms with Crippen molar-refractivity contribution in [1.82, 2.24) is 0 Å². The van der Waals surface area contributed by atoms with Gasteiger partial charge in [-0.05, 0) is 29.9 Å². The molecular weight excluding hydrogens is 440 g/mol. The summed E-state index contributed by atoms with van der Waals surface area (Å²) >= 11 is 0. The number of hydrogen-bond acceptors (Lipinski definition) is 6. The minimum Gasteiger partial charge on any atom is -0.460 e. The van der Waals surface area contributed by atoms with Gasteiger partial charge in [0.2, 0.25) is 0 Å². The van der Waals surface area contributed by atoms with E-state index in [0.29, 0.717) is 0 Å². The van der Waals surface area contributed by atoms with Gasteiger partial charge in [0.25, 0.3) is 0 Å². The number of terminal acetylenes is 1. The number of esters is 2. The largest absolute Gasteiger partial charge is 0.460 e. The van der Waals surface area contributed by atoms with Gasteiger partial charge < -0.3 is 9.47 Å². The Morgan fingerprint density at radius 3 is 2.00 bits per heavy atom. The minimum atomic E-state index is -1.58. The molecule has 0 amide bonds. The topological polar surface area (TPSA) is 100 Å². The average Bonchev–Trinajstić information content (AvgIpc) is 2.91. The summed E-state index contributed by atoms with van der Waals surface area (Å²) in [5.41, 5.74) is -0.0712. The molecule has 0 saturated heterocycles. The number of rotatable bonds is 8. The first-order chi connectivity index (χ1) is 17.0. The molecule has 0 spiro atoms. The fourth-order valence-corrected chi connectivity index (χ4v) is 5.05. The number of carbonyl (C=O) groups is 2. The highest BCUT2D eigenvalue weighted by Gasteiger charge is 2.59. The van der Waals surface area contributed by atoms with Crippen molar-refractivity contribution in [3.05, 3.63) is 84.4 Å². The highest BCUT2D eigenvalue weighted by atomic mass is 16.5. The number of ether oxygens (including phenoxy) is 2. The number of nitrogens with zero attached hydrogens (tertiary/aromatic N) is 2. The fraction of sp³-hybridized carbons (Fsp3) is 0.310. The van der Waals surface area contributed by atoms with Crippen molar-refractivity contribution in [2.45, 2.75) is 24.7 Å². The lowest BCUT2D eigenvalue weighted by Gasteiger charge is -2.47. The van der Waals surface area contributed by atoms with Crippen LogP contribution in [0.4, 0.5) is 0 Å². The third-order valence-corrected chi connectivity index (χ3v) is 6.60. The van der Waals surface area contributed by atoms with Crippen LogP contribution in [0.1, 0.15) is 35.8 Å². The highest BCUT2D eigenvalue weighted by Crippen LogP contribution is 2.58. The Kier molecular flexibility index (Phi) is 8.44. The standard InChI is InChI=1S/C29H26N2O4/c1-3-15-34-27(32)24(19-30)23-17-25(21-11-7-5-8-12-21)29(20-31,28(33)35-16-4-2)26(18-23)22-13-9-6-10-14-22/h1,4-14,23-26H,2,15-18H2/t23?,24?,25-,26+,29?. The maximum absolute atomic E-state index is 13.6. The van der Waals surface area contributed by atoms with Gasteiger partial charge in [-0.15, -0.1) is 6.42 Å². The normalized spacial score (nSPS) is 24.0. The molecule has 0 aliphatic heterocycles. The Labute approximate surface area is 205 Å². The van der Waals surface area contributed by atoms with Crippen LogP contribution in [0, 0.1) is 52.3 Å². The minimum absolute atomic E-state index is 0.0338. The van der Waals surface area contributed by atoms with Crippen LogP contribution < -0.4 is 0 Å². The predicted octanol–water partition coefficient (Wildman–Crippen LogP) is 4.52. The molecule has 0 bridgehead atoms. The molecule has 1 aliphatic carbocycles. The molecule has 0 heterocycles. The Bertz CT molecular complexity index is 1120. The molecule has 176 valence electrons. The van der Waals surface area contributed by atoms with Gasteiger partial charge in [0.15, 0.2) is 12.0 Å². The van der Waals surface area contributed by atoms with Crippen molar-refractivity contribution >= 4 is 11.9 Å². The van der Waals surface area contributed by atoms with Crippen molar-refractivity contribution in [2.24, 2.45) is 17.3 Å². The molecule has 0 N–H and O–H groups in total. The first-order valence-electron chi connectivity index (χ1n) is 11.3. The van der Waals surface area contributed by atoms with E-state index in [9.17, 15) is 20.1 Å². The smallest absolute Gasteiger partial charge is 0.328 e. The summed E-state index contributed by atoms with van der Waals surface area (Å²) in [5.74, 6) is -1.95. The molecule has 6 nitrogen and oxygen atoms in total. The first-order valence-corrected chi connectivity index (χ1v) is 11.3. The van der Waals surface area contributed by atoms with E-state index in [-0.39, 0.29) is 26.1 Å². The van der Waals surface area contributed by atoms with Crippen LogP contribution in [-0.4, -0.2) is 25.2 Å². The average molecular weight is 467 g/mol. The number of hydrogen-bond donors (Lipinski definition) is 0. The number of carbonyl (C=O) groups excluding carboxylic acids is 2. The highest BCUT2D eigenvalue weighted by molar-refractivity contribution is 5.84. The second kappa shape index (κ2) is 11.7. The molecule has 3 rings (SSSR count).